The van der Waals surface area contributed by atoms with Crippen LogP contribution in [-0.2, 0) is 12.8 Å². The summed E-state index contributed by atoms with van der Waals surface area (Å²) in [6, 6.07) is 6.88. The van der Waals surface area contributed by atoms with Gasteiger partial charge in [0.15, 0.2) is 0 Å². The molecule has 3 heteroatoms. The average molecular weight is 249 g/mol. The van der Waals surface area contributed by atoms with Gasteiger partial charge in [0.25, 0.3) is 0 Å². The summed E-state index contributed by atoms with van der Waals surface area (Å²) >= 11 is 1.91. The molecule has 2 nitrogen and oxygen atoms in total. The molecule has 2 aromatic rings. The lowest BCUT2D eigenvalue weighted by Crippen LogP contribution is -2.18. The lowest BCUT2D eigenvalue weighted by atomic mass is 10.0. The highest BCUT2D eigenvalue weighted by atomic mass is 32.1. The quantitative estimate of drug-likeness (QED) is 0.873. The Morgan fingerprint density at radius 3 is 2.59 bits per heavy atom. The van der Waals surface area contributed by atoms with Crippen LogP contribution in [0.25, 0.3) is 0 Å². The molecule has 1 N–H and O–H groups in total. The number of nitrogens with one attached hydrogen (secondary N) is 1. The highest BCUT2D eigenvalue weighted by molar-refractivity contribution is 7.11. The summed E-state index contributed by atoms with van der Waals surface area (Å²) < 4.78 is 5.37. The summed E-state index contributed by atoms with van der Waals surface area (Å²) in [5.41, 5.74) is 1.26. The van der Waals surface area contributed by atoms with E-state index in [0.29, 0.717) is 6.04 Å². The minimum atomic E-state index is 0.345. The molecule has 0 saturated heterocycles. The second kappa shape index (κ2) is 5.52. The summed E-state index contributed by atoms with van der Waals surface area (Å²) in [4.78, 5) is 2.89. The first-order chi connectivity index (χ1) is 8.24. The number of thiophene rings is 1. The maximum Gasteiger partial charge on any atom is 0.105 e. The van der Waals surface area contributed by atoms with Crippen molar-refractivity contribution in [2.24, 2.45) is 0 Å². The van der Waals surface area contributed by atoms with Gasteiger partial charge in [-0.3, -0.25) is 0 Å². The zero-order valence-electron chi connectivity index (χ0n) is 10.6. The van der Waals surface area contributed by atoms with Crippen LogP contribution in [-0.4, -0.2) is 7.05 Å². The van der Waals surface area contributed by atoms with Gasteiger partial charge >= 0.3 is 0 Å². The molecule has 2 rings (SSSR count). The fourth-order valence-electron chi connectivity index (χ4n) is 2.05. The van der Waals surface area contributed by atoms with Gasteiger partial charge in [0, 0.05) is 27.8 Å². The lowest BCUT2D eigenvalue weighted by molar-refractivity contribution is 0.513. The van der Waals surface area contributed by atoms with Crippen molar-refractivity contribution in [1.29, 1.82) is 0 Å². The molecule has 0 spiro atoms. The number of rotatable bonds is 5. The molecule has 1 unspecified atom stereocenters. The fraction of sp³-hybridized carbons (Fsp3) is 0.429. The van der Waals surface area contributed by atoms with Gasteiger partial charge in [-0.05, 0) is 38.6 Å². The summed E-state index contributed by atoms with van der Waals surface area (Å²) in [5.74, 6) is 1.01. The third-order valence-corrected chi connectivity index (χ3v) is 4.35. The molecular formula is C14H19NOS. The van der Waals surface area contributed by atoms with Gasteiger partial charge in [0.05, 0.1) is 6.26 Å². The smallest absolute Gasteiger partial charge is 0.105 e. The predicted molar refractivity (Wildman–Crippen MR) is 72.6 cm³/mol. The fourth-order valence-corrected chi connectivity index (χ4v) is 3.05. The van der Waals surface area contributed by atoms with Gasteiger partial charge in [-0.15, -0.1) is 11.3 Å². The van der Waals surface area contributed by atoms with E-state index < -0.39 is 0 Å². The van der Waals surface area contributed by atoms with Crippen molar-refractivity contribution in [2.75, 3.05) is 7.05 Å². The topological polar surface area (TPSA) is 25.2 Å². The van der Waals surface area contributed by atoms with E-state index in [1.807, 2.05) is 25.3 Å². The van der Waals surface area contributed by atoms with Crippen LogP contribution in [0.2, 0.25) is 0 Å². The molecule has 2 aromatic heterocycles. The molecule has 0 aliphatic heterocycles. The number of likely N-dealkylation sites (N-methyl/N-ethyl adjacent to an activating group) is 1. The van der Waals surface area contributed by atoms with Crippen LogP contribution >= 0.6 is 11.3 Å². The average Bonchev–Trinajstić information content (AvgIpc) is 2.95. The van der Waals surface area contributed by atoms with Gasteiger partial charge < -0.3 is 9.73 Å². The molecule has 0 bridgehead atoms. The first-order valence-electron chi connectivity index (χ1n) is 6.03. The van der Waals surface area contributed by atoms with Crippen molar-refractivity contribution in [3.8, 4) is 0 Å². The molecule has 1 atom stereocenters. The Bertz CT molecular complexity index is 472. The maximum absolute atomic E-state index is 5.37. The zero-order valence-corrected chi connectivity index (χ0v) is 11.4. The van der Waals surface area contributed by atoms with Gasteiger partial charge in [-0.2, -0.15) is 0 Å². The Morgan fingerprint density at radius 2 is 2.06 bits per heavy atom. The van der Waals surface area contributed by atoms with Crippen molar-refractivity contribution < 1.29 is 4.42 Å². The van der Waals surface area contributed by atoms with E-state index in [1.54, 1.807) is 6.26 Å². The highest BCUT2D eigenvalue weighted by Gasteiger charge is 2.15. The Labute approximate surface area is 107 Å². The first-order valence-corrected chi connectivity index (χ1v) is 6.85. The van der Waals surface area contributed by atoms with Crippen molar-refractivity contribution in [2.45, 2.75) is 32.7 Å². The second-order valence-electron chi connectivity index (χ2n) is 4.20. The van der Waals surface area contributed by atoms with Crippen LogP contribution in [0.5, 0.6) is 0 Å². The molecule has 0 amide bonds. The van der Waals surface area contributed by atoms with Crippen molar-refractivity contribution in [1.82, 2.24) is 5.32 Å². The van der Waals surface area contributed by atoms with Crippen molar-refractivity contribution in [3.63, 3.8) is 0 Å². The molecular weight excluding hydrogens is 230 g/mol. The van der Waals surface area contributed by atoms with Gasteiger partial charge in [0.2, 0.25) is 0 Å². The highest BCUT2D eigenvalue weighted by Crippen LogP contribution is 2.26. The summed E-state index contributed by atoms with van der Waals surface area (Å²) in [6.07, 6.45) is 3.92. The van der Waals surface area contributed by atoms with Gasteiger partial charge in [0.1, 0.15) is 5.76 Å². The molecule has 2 heterocycles. The Balaban J connectivity index is 2.12. The Morgan fingerprint density at radius 1 is 1.29 bits per heavy atom. The second-order valence-corrected chi connectivity index (χ2v) is 5.45. The third-order valence-electron chi connectivity index (χ3n) is 3.09. The van der Waals surface area contributed by atoms with E-state index in [0.717, 1.165) is 18.6 Å². The van der Waals surface area contributed by atoms with E-state index in [1.165, 1.54) is 15.3 Å². The SMILES string of the molecule is CCc1ccc(CC(NC)c2ccoc2C)s1. The monoisotopic (exact) mass is 249 g/mol. The summed E-state index contributed by atoms with van der Waals surface area (Å²) in [6.45, 7) is 4.22. The summed E-state index contributed by atoms with van der Waals surface area (Å²) in [7, 11) is 2.01. The number of furan rings is 1. The Kier molecular flexibility index (Phi) is 4.02. The summed E-state index contributed by atoms with van der Waals surface area (Å²) in [5, 5.41) is 3.37. The normalized spacial score (nSPS) is 12.9. The Hall–Kier alpha value is -1.06. The van der Waals surface area contributed by atoms with Gasteiger partial charge in [-0.1, -0.05) is 6.92 Å². The molecule has 0 fully saturated rings. The van der Waals surface area contributed by atoms with Gasteiger partial charge in [-0.25, -0.2) is 0 Å². The van der Waals surface area contributed by atoms with E-state index >= 15 is 0 Å². The standard InChI is InChI=1S/C14H19NOS/c1-4-11-5-6-12(17-11)9-14(15-3)13-7-8-16-10(13)2/h5-8,14-15H,4,9H2,1-3H3. The molecule has 0 aromatic carbocycles. The minimum Gasteiger partial charge on any atom is -0.469 e. The zero-order chi connectivity index (χ0) is 12.3. The first kappa shape index (κ1) is 12.4. The lowest BCUT2D eigenvalue weighted by Gasteiger charge is -2.14. The van der Waals surface area contributed by atoms with Crippen LogP contribution in [0, 0.1) is 6.92 Å². The number of hydrogen-bond donors (Lipinski definition) is 1. The largest absolute Gasteiger partial charge is 0.469 e. The minimum absolute atomic E-state index is 0.345. The van der Waals surface area contributed by atoms with Crippen LogP contribution in [0.1, 0.15) is 34.0 Å². The molecule has 0 radical (unpaired) electrons. The van der Waals surface area contributed by atoms with E-state index in [4.69, 9.17) is 4.42 Å². The van der Waals surface area contributed by atoms with Crippen LogP contribution in [0.15, 0.2) is 28.9 Å². The van der Waals surface area contributed by atoms with Crippen molar-refractivity contribution in [3.05, 3.63) is 45.5 Å². The molecule has 0 aliphatic rings. The third kappa shape index (κ3) is 2.79. The maximum atomic E-state index is 5.37. The molecule has 92 valence electrons. The molecule has 17 heavy (non-hydrogen) atoms. The van der Waals surface area contributed by atoms with Crippen LogP contribution < -0.4 is 5.32 Å². The van der Waals surface area contributed by atoms with Crippen LogP contribution in [0.4, 0.5) is 0 Å². The van der Waals surface area contributed by atoms with E-state index in [9.17, 15) is 0 Å². The molecule has 0 saturated carbocycles. The van der Waals surface area contributed by atoms with Crippen molar-refractivity contribution >= 4 is 11.3 Å². The number of hydrogen-bond acceptors (Lipinski definition) is 3. The van der Waals surface area contributed by atoms with E-state index in [-0.39, 0.29) is 0 Å². The van der Waals surface area contributed by atoms with Crippen LogP contribution in [0.3, 0.4) is 0 Å². The number of aryl methyl sites for hydroxylation is 2. The van der Waals surface area contributed by atoms with E-state index in [2.05, 4.69) is 30.4 Å². The predicted octanol–water partition coefficient (Wildman–Crippen LogP) is 3.72. The molecule has 0 aliphatic carbocycles.